The lowest BCUT2D eigenvalue weighted by Gasteiger charge is -2.12. The smallest absolute Gasteiger partial charge is 0.338 e. The fourth-order valence-electron chi connectivity index (χ4n) is 2.97. The van der Waals surface area contributed by atoms with E-state index in [9.17, 15) is 18.8 Å². The average molecular weight is 369 g/mol. The van der Waals surface area contributed by atoms with Crippen molar-refractivity contribution in [2.75, 3.05) is 6.61 Å². The number of benzene rings is 2. The third-order valence-electron chi connectivity index (χ3n) is 4.27. The topological polar surface area (TPSA) is 59.3 Å². The van der Waals surface area contributed by atoms with Crippen molar-refractivity contribution < 1.29 is 23.0 Å². The van der Waals surface area contributed by atoms with Crippen LogP contribution in [0.15, 0.2) is 35.9 Å². The maximum Gasteiger partial charge on any atom is 0.338 e. The molecule has 0 saturated carbocycles. The predicted molar refractivity (Wildman–Crippen MR) is 95.0 cm³/mol. The first-order valence-corrected chi connectivity index (χ1v) is 8.49. The van der Waals surface area contributed by atoms with Crippen molar-refractivity contribution in [1.29, 1.82) is 5.26 Å². The van der Waals surface area contributed by atoms with Crippen LogP contribution in [0, 0.1) is 23.0 Å². The summed E-state index contributed by atoms with van der Waals surface area (Å²) < 4.78 is 38.3. The lowest BCUT2D eigenvalue weighted by atomic mass is 9.90. The molecule has 0 bridgehead atoms. The molecule has 0 unspecified atom stereocenters. The van der Waals surface area contributed by atoms with E-state index >= 15 is 0 Å². The first kappa shape index (κ1) is 18.6. The second-order valence-electron chi connectivity index (χ2n) is 6.17. The highest BCUT2D eigenvalue weighted by atomic mass is 19.2. The molecule has 2 aromatic carbocycles. The standard InChI is InChI=1S/C21H17F2NO3/c1-3-6-26-21(25)13-4-5-15-14(7-13)11-27-19-9-18(23)17(22)8-16(19)20(15)12(2)10-24/h4-5,7-9H,3,6,11H2,1-2H3/b20-12+. The molecule has 0 aliphatic carbocycles. The van der Waals surface area contributed by atoms with Gasteiger partial charge in [-0.15, -0.1) is 0 Å². The number of rotatable bonds is 3. The molecule has 0 radical (unpaired) electrons. The molecular formula is C21H17F2NO3. The monoisotopic (exact) mass is 369 g/mol. The van der Waals surface area contributed by atoms with Gasteiger partial charge in [0.05, 0.1) is 18.2 Å². The number of esters is 1. The quantitative estimate of drug-likeness (QED) is 0.578. The van der Waals surface area contributed by atoms with Crippen LogP contribution in [0.2, 0.25) is 0 Å². The first-order chi connectivity index (χ1) is 13.0. The minimum atomic E-state index is -1.03. The van der Waals surface area contributed by atoms with Gasteiger partial charge in [-0.25, -0.2) is 13.6 Å². The Balaban J connectivity index is 2.16. The molecule has 27 heavy (non-hydrogen) atoms. The molecule has 0 atom stereocenters. The van der Waals surface area contributed by atoms with Gasteiger partial charge in [0.15, 0.2) is 11.6 Å². The molecule has 0 N–H and O–H groups in total. The van der Waals surface area contributed by atoms with Crippen LogP contribution >= 0.6 is 0 Å². The maximum absolute atomic E-state index is 13.8. The Bertz CT molecular complexity index is 990. The van der Waals surface area contributed by atoms with Crippen LogP contribution in [0.5, 0.6) is 5.75 Å². The van der Waals surface area contributed by atoms with E-state index in [1.54, 1.807) is 25.1 Å². The summed E-state index contributed by atoms with van der Waals surface area (Å²) >= 11 is 0. The molecule has 1 heterocycles. The Morgan fingerprint density at radius 2 is 1.96 bits per heavy atom. The van der Waals surface area contributed by atoms with Crippen molar-refractivity contribution in [3.63, 3.8) is 0 Å². The molecule has 0 saturated heterocycles. The summed E-state index contributed by atoms with van der Waals surface area (Å²) in [5.41, 5.74) is 2.69. The van der Waals surface area contributed by atoms with Gasteiger partial charge in [-0.05, 0) is 42.7 Å². The summed E-state index contributed by atoms with van der Waals surface area (Å²) in [5, 5.41) is 9.40. The highest BCUT2D eigenvalue weighted by molar-refractivity contribution is 5.93. The van der Waals surface area contributed by atoms with E-state index in [1.807, 2.05) is 6.92 Å². The largest absolute Gasteiger partial charge is 0.488 e. The Kier molecular flexibility index (Phi) is 5.22. The van der Waals surface area contributed by atoms with Crippen molar-refractivity contribution >= 4 is 11.5 Å². The lowest BCUT2D eigenvalue weighted by Crippen LogP contribution is -2.07. The van der Waals surface area contributed by atoms with Gasteiger partial charge >= 0.3 is 5.97 Å². The summed E-state index contributed by atoms with van der Waals surface area (Å²) in [5.74, 6) is -2.37. The zero-order chi connectivity index (χ0) is 19.6. The van der Waals surface area contributed by atoms with Gasteiger partial charge in [0.2, 0.25) is 0 Å². The van der Waals surface area contributed by atoms with Gasteiger partial charge in [0.25, 0.3) is 0 Å². The van der Waals surface area contributed by atoms with Gasteiger partial charge in [-0.2, -0.15) is 5.26 Å². The van der Waals surface area contributed by atoms with E-state index in [0.29, 0.717) is 46.4 Å². The van der Waals surface area contributed by atoms with Gasteiger partial charge in [0, 0.05) is 22.8 Å². The predicted octanol–water partition coefficient (Wildman–Crippen LogP) is 4.77. The number of allylic oxidation sites excluding steroid dienone is 1. The molecule has 2 aromatic rings. The molecule has 6 heteroatoms. The average Bonchev–Trinajstić information content (AvgIpc) is 2.82. The minimum absolute atomic E-state index is 0.0461. The molecular weight excluding hydrogens is 352 g/mol. The highest BCUT2D eigenvalue weighted by Gasteiger charge is 2.24. The number of carbonyl (C=O) groups excluding carboxylic acids is 1. The molecule has 4 nitrogen and oxygen atoms in total. The number of fused-ring (bicyclic) bond motifs is 2. The van der Waals surface area contributed by atoms with E-state index in [2.05, 4.69) is 6.07 Å². The van der Waals surface area contributed by atoms with Gasteiger partial charge in [-0.3, -0.25) is 0 Å². The summed E-state index contributed by atoms with van der Waals surface area (Å²) in [4.78, 5) is 12.1. The van der Waals surface area contributed by atoms with Crippen LogP contribution < -0.4 is 4.74 Å². The summed E-state index contributed by atoms with van der Waals surface area (Å²) in [6, 6.07) is 8.94. The van der Waals surface area contributed by atoms with Crippen molar-refractivity contribution in [3.8, 4) is 11.8 Å². The number of nitrogens with zero attached hydrogens (tertiary/aromatic N) is 1. The van der Waals surface area contributed by atoms with E-state index in [1.165, 1.54) is 0 Å². The van der Waals surface area contributed by atoms with E-state index < -0.39 is 17.6 Å². The Hall–Kier alpha value is -3.20. The fourth-order valence-corrected chi connectivity index (χ4v) is 2.97. The zero-order valence-electron chi connectivity index (χ0n) is 14.9. The number of nitriles is 1. The molecule has 1 aliphatic heterocycles. The second kappa shape index (κ2) is 7.58. The van der Waals surface area contributed by atoms with E-state index in [0.717, 1.165) is 12.1 Å². The SMILES string of the molecule is CCCOC(=O)c1ccc2c(c1)COc1cc(F)c(F)cc1/C2=C(\C)C#N. The number of carbonyl (C=O) groups is 1. The molecule has 138 valence electrons. The number of halogens is 2. The third-order valence-corrected chi connectivity index (χ3v) is 4.27. The molecule has 0 aromatic heterocycles. The first-order valence-electron chi connectivity index (χ1n) is 8.49. The van der Waals surface area contributed by atoms with Gasteiger partial charge in [0.1, 0.15) is 12.4 Å². The van der Waals surface area contributed by atoms with Crippen LogP contribution in [-0.2, 0) is 11.3 Å². The number of hydrogen-bond donors (Lipinski definition) is 0. The van der Waals surface area contributed by atoms with E-state index in [-0.39, 0.29) is 12.4 Å². The summed E-state index contributed by atoms with van der Waals surface area (Å²) in [7, 11) is 0. The molecule has 0 spiro atoms. The summed E-state index contributed by atoms with van der Waals surface area (Å²) in [6.45, 7) is 3.86. The van der Waals surface area contributed by atoms with Crippen molar-refractivity contribution in [3.05, 3.63) is 69.8 Å². The van der Waals surface area contributed by atoms with Gasteiger partial charge in [-0.1, -0.05) is 13.0 Å². The number of hydrogen-bond acceptors (Lipinski definition) is 4. The molecule has 0 amide bonds. The van der Waals surface area contributed by atoms with Crippen LogP contribution in [-0.4, -0.2) is 12.6 Å². The third kappa shape index (κ3) is 3.54. The molecule has 0 fully saturated rings. The Morgan fingerprint density at radius 1 is 1.22 bits per heavy atom. The highest BCUT2D eigenvalue weighted by Crippen LogP contribution is 2.39. The molecule has 1 aliphatic rings. The number of ether oxygens (including phenoxy) is 2. The normalized spacial score (nSPS) is 14.2. The Labute approximate surface area is 155 Å². The zero-order valence-corrected chi connectivity index (χ0v) is 14.9. The maximum atomic E-state index is 13.8. The van der Waals surface area contributed by atoms with Crippen molar-refractivity contribution in [1.82, 2.24) is 0 Å². The molecule has 3 rings (SSSR count). The van der Waals surface area contributed by atoms with Gasteiger partial charge < -0.3 is 9.47 Å². The van der Waals surface area contributed by atoms with Crippen molar-refractivity contribution in [2.24, 2.45) is 0 Å². The van der Waals surface area contributed by atoms with Crippen molar-refractivity contribution in [2.45, 2.75) is 26.9 Å². The minimum Gasteiger partial charge on any atom is -0.488 e. The lowest BCUT2D eigenvalue weighted by molar-refractivity contribution is 0.0505. The fraction of sp³-hybridized carbons (Fsp3) is 0.238. The van der Waals surface area contributed by atoms with Crippen LogP contribution in [0.1, 0.15) is 47.3 Å². The van der Waals surface area contributed by atoms with Crippen LogP contribution in [0.4, 0.5) is 8.78 Å². The summed E-state index contributed by atoms with van der Waals surface area (Å²) in [6.07, 6.45) is 0.709. The van der Waals surface area contributed by atoms with E-state index in [4.69, 9.17) is 9.47 Å². The van der Waals surface area contributed by atoms with Crippen LogP contribution in [0.3, 0.4) is 0 Å². The Morgan fingerprint density at radius 3 is 2.67 bits per heavy atom. The van der Waals surface area contributed by atoms with Crippen LogP contribution in [0.25, 0.3) is 5.57 Å². The second-order valence-corrected chi connectivity index (χ2v) is 6.17.